The summed E-state index contributed by atoms with van der Waals surface area (Å²) in [6, 6.07) is 2.28. The summed E-state index contributed by atoms with van der Waals surface area (Å²) in [6.07, 6.45) is 7.72. The van der Waals surface area contributed by atoms with E-state index in [1.165, 1.54) is 0 Å². The maximum atomic E-state index is 12.7. The van der Waals surface area contributed by atoms with Crippen LogP contribution >= 0.6 is 0 Å². The van der Waals surface area contributed by atoms with Gasteiger partial charge in [0.2, 0.25) is 11.8 Å². The van der Waals surface area contributed by atoms with Crippen molar-refractivity contribution in [2.24, 2.45) is 7.05 Å². The van der Waals surface area contributed by atoms with Crippen LogP contribution < -0.4 is 5.32 Å². The Kier molecular flexibility index (Phi) is 8.70. The SMILES string of the molecule is CCCN(CCNC(=O)CCc1cc(C)n(C)n1)C(=O)CC1CC=CCN1C. The molecule has 0 fully saturated rings. The van der Waals surface area contributed by atoms with Gasteiger partial charge in [-0.25, -0.2) is 0 Å². The molecule has 156 valence electrons. The zero-order chi connectivity index (χ0) is 20.5. The van der Waals surface area contributed by atoms with Gasteiger partial charge in [0.1, 0.15) is 0 Å². The lowest BCUT2D eigenvalue weighted by atomic mass is 10.0. The second-order valence-electron chi connectivity index (χ2n) is 7.64. The van der Waals surface area contributed by atoms with Gasteiger partial charge in [-0.2, -0.15) is 5.10 Å². The summed E-state index contributed by atoms with van der Waals surface area (Å²) < 4.78 is 1.82. The molecule has 1 atom stereocenters. The molecule has 0 spiro atoms. The van der Waals surface area contributed by atoms with Crippen molar-refractivity contribution in [2.75, 3.05) is 33.2 Å². The Labute approximate surface area is 168 Å². The number of aryl methyl sites for hydroxylation is 3. The zero-order valence-corrected chi connectivity index (χ0v) is 17.8. The number of aromatic nitrogens is 2. The third-order valence-electron chi connectivity index (χ3n) is 5.32. The normalized spacial score (nSPS) is 16.9. The summed E-state index contributed by atoms with van der Waals surface area (Å²) in [7, 11) is 3.97. The number of likely N-dealkylation sites (N-methyl/N-ethyl adjacent to an activating group) is 1. The van der Waals surface area contributed by atoms with Crippen molar-refractivity contribution in [3.63, 3.8) is 0 Å². The Morgan fingerprint density at radius 2 is 2.07 bits per heavy atom. The quantitative estimate of drug-likeness (QED) is 0.618. The van der Waals surface area contributed by atoms with Gasteiger partial charge in [-0.15, -0.1) is 0 Å². The monoisotopic (exact) mass is 389 g/mol. The van der Waals surface area contributed by atoms with Crippen LogP contribution in [0.1, 0.15) is 44.0 Å². The Balaban J connectivity index is 1.73. The number of nitrogens with zero attached hydrogens (tertiary/aromatic N) is 4. The Morgan fingerprint density at radius 1 is 1.29 bits per heavy atom. The van der Waals surface area contributed by atoms with E-state index in [2.05, 4.69) is 41.4 Å². The Hall–Kier alpha value is -2.15. The van der Waals surface area contributed by atoms with E-state index in [1.807, 2.05) is 29.6 Å². The molecule has 1 unspecified atom stereocenters. The lowest BCUT2D eigenvalue weighted by molar-refractivity contribution is -0.133. The molecular formula is C21H35N5O2. The van der Waals surface area contributed by atoms with Crippen molar-refractivity contribution in [2.45, 2.75) is 52.0 Å². The number of carbonyl (C=O) groups is 2. The number of rotatable bonds is 10. The highest BCUT2D eigenvalue weighted by Gasteiger charge is 2.22. The van der Waals surface area contributed by atoms with Crippen LogP contribution in [0.5, 0.6) is 0 Å². The molecule has 2 heterocycles. The van der Waals surface area contributed by atoms with Gasteiger partial charge in [-0.1, -0.05) is 19.1 Å². The Morgan fingerprint density at radius 3 is 2.71 bits per heavy atom. The summed E-state index contributed by atoms with van der Waals surface area (Å²) in [5.41, 5.74) is 2.02. The van der Waals surface area contributed by atoms with Crippen LogP contribution in [0.4, 0.5) is 0 Å². The average Bonchev–Trinajstić information content (AvgIpc) is 2.99. The van der Waals surface area contributed by atoms with E-state index in [-0.39, 0.29) is 17.9 Å². The van der Waals surface area contributed by atoms with Crippen molar-refractivity contribution in [1.82, 2.24) is 24.9 Å². The van der Waals surface area contributed by atoms with Crippen LogP contribution in [-0.4, -0.2) is 70.7 Å². The number of amides is 2. The van der Waals surface area contributed by atoms with Gasteiger partial charge >= 0.3 is 0 Å². The van der Waals surface area contributed by atoms with Gasteiger partial charge in [-0.3, -0.25) is 19.2 Å². The predicted octanol–water partition coefficient (Wildman–Crippen LogP) is 1.67. The third kappa shape index (κ3) is 6.78. The second-order valence-corrected chi connectivity index (χ2v) is 7.64. The fraction of sp³-hybridized carbons (Fsp3) is 0.667. The topological polar surface area (TPSA) is 70.5 Å². The van der Waals surface area contributed by atoms with Crippen LogP contribution in [0, 0.1) is 6.92 Å². The van der Waals surface area contributed by atoms with Gasteiger partial charge in [0.25, 0.3) is 0 Å². The number of nitrogens with one attached hydrogen (secondary N) is 1. The van der Waals surface area contributed by atoms with Crippen molar-refractivity contribution >= 4 is 11.8 Å². The third-order valence-corrected chi connectivity index (χ3v) is 5.32. The van der Waals surface area contributed by atoms with E-state index in [4.69, 9.17) is 0 Å². The Bertz CT molecular complexity index is 663. The van der Waals surface area contributed by atoms with Crippen molar-refractivity contribution in [3.05, 3.63) is 29.6 Å². The highest BCUT2D eigenvalue weighted by Crippen LogP contribution is 2.14. The van der Waals surface area contributed by atoms with Crippen molar-refractivity contribution in [3.8, 4) is 0 Å². The van der Waals surface area contributed by atoms with Gasteiger partial charge in [0.15, 0.2) is 0 Å². The smallest absolute Gasteiger partial charge is 0.224 e. The van der Waals surface area contributed by atoms with Crippen LogP contribution in [0.3, 0.4) is 0 Å². The fourth-order valence-electron chi connectivity index (χ4n) is 3.44. The van der Waals surface area contributed by atoms with E-state index in [0.29, 0.717) is 32.4 Å². The summed E-state index contributed by atoms with van der Waals surface area (Å²) >= 11 is 0. The predicted molar refractivity (Wildman–Crippen MR) is 111 cm³/mol. The van der Waals surface area contributed by atoms with Gasteiger partial charge in [-0.05, 0) is 32.9 Å². The number of hydrogen-bond donors (Lipinski definition) is 1. The highest BCUT2D eigenvalue weighted by molar-refractivity contribution is 5.77. The maximum absolute atomic E-state index is 12.7. The molecule has 1 N–H and O–H groups in total. The molecule has 28 heavy (non-hydrogen) atoms. The first-order valence-corrected chi connectivity index (χ1v) is 10.3. The minimum atomic E-state index is 0.00403. The standard InChI is InChI=1S/C21H35N5O2/c1-5-12-26(21(28)16-19-8-6-7-13-24(19)3)14-11-22-20(27)10-9-18-15-17(2)25(4)23-18/h6-7,15,19H,5,8-14,16H2,1-4H3,(H,22,27). The average molecular weight is 390 g/mol. The molecule has 2 rings (SSSR count). The second kappa shape index (κ2) is 11.0. The molecule has 1 aromatic rings. The molecule has 0 radical (unpaired) electrons. The molecule has 0 saturated carbocycles. The maximum Gasteiger partial charge on any atom is 0.224 e. The molecule has 1 aromatic heterocycles. The lowest BCUT2D eigenvalue weighted by Gasteiger charge is -2.31. The minimum Gasteiger partial charge on any atom is -0.354 e. The molecule has 1 aliphatic rings. The molecular weight excluding hydrogens is 354 g/mol. The van der Waals surface area contributed by atoms with Gasteiger partial charge < -0.3 is 10.2 Å². The lowest BCUT2D eigenvalue weighted by Crippen LogP contribution is -2.43. The van der Waals surface area contributed by atoms with E-state index >= 15 is 0 Å². The first-order valence-electron chi connectivity index (χ1n) is 10.3. The summed E-state index contributed by atoms with van der Waals surface area (Å²) in [6.45, 7) is 6.76. The number of hydrogen-bond acceptors (Lipinski definition) is 4. The summed E-state index contributed by atoms with van der Waals surface area (Å²) in [5.74, 6) is 0.177. The largest absolute Gasteiger partial charge is 0.354 e. The van der Waals surface area contributed by atoms with Crippen LogP contribution in [0.25, 0.3) is 0 Å². The molecule has 1 aliphatic heterocycles. The van der Waals surface area contributed by atoms with E-state index in [0.717, 1.165) is 37.3 Å². The van der Waals surface area contributed by atoms with Gasteiger partial charge in [0, 0.05) is 64.2 Å². The molecule has 7 nitrogen and oxygen atoms in total. The molecule has 0 aliphatic carbocycles. The number of carbonyl (C=O) groups excluding carboxylic acids is 2. The molecule has 7 heteroatoms. The van der Waals surface area contributed by atoms with E-state index in [9.17, 15) is 9.59 Å². The first kappa shape index (κ1) is 22.1. The molecule has 0 aromatic carbocycles. The first-order chi connectivity index (χ1) is 13.4. The van der Waals surface area contributed by atoms with E-state index < -0.39 is 0 Å². The molecule has 0 saturated heterocycles. The molecule has 2 amide bonds. The van der Waals surface area contributed by atoms with Crippen LogP contribution in [-0.2, 0) is 23.1 Å². The van der Waals surface area contributed by atoms with E-state index in [1.54, 1.807) is 0 Å². The highest BCUT2D eigenvalue weighted by atomic mass is 16.2. The zero-order valence-electron chi connectivity index (χ0n) is 17.8. The van der Waals surface area contributed by atoms with Crippen LogP contribution in [0.15, 0.2) is 18.2 Å². The summed E-state index contributed by atoms with van der Waals surface area (Å²) in [5, 5.41) is 7.32. The minimum absolute atomic E-state index is 0.00403. The van der Waals surface area contributed by atoms with Crippen molar-refractivity contribution in [1.29, 1.82) is 0 Å². The molecule has 0 bridgehead atoms. The van der Waals surface area contributed by atoms with Crippen LogP contribution in [0.2, 0.25) is 0 Å². The van der Waals surface area contributed by atoms with Crippen molar-refractivity contribution < 1.29 is 9.59 Å². The van der Waals surface area contributed by atoms with Gasteiger partial charge in [0.05, 0.1) is 5.69 Å². The summed E-state index contributed by atoms with van der Waals surface area (Å²) in [4.78, 5) is 28.9. The fourth-order valence-corrected chi connectivity index (χ4v) is 3.44.